The van der Waals surface area contributed by atoms with E-state index in [1.807, 2.05) is 30.3 Å². The van der Waals surface area contributed by atoms with Gasteiger partial charge in [-0.15, -0.1) is 0 Å². The summed E-state index contributed by atoms with van der Waals surface area (Å²) in [6.45, 7) is 0.392. The van der Waals surface area contributed by atoms with Gasteiger partial charge in [-0.25, -0.2) is 0 Å². The second kappa shape index (κ2) is 11.4. The van der Waals surface area contributed by atoms with E-state index in [1.165, 1.54) is 18.2 Å². The van der Waals surface area contributed by atoms with Gasteiger partial charge in [-0.1, -0.05) is 53.5 Å². The minimum atomic E-state index is -0.557. The van der Waals surface area contributed by atoms with Crippen LogP contribution < -0.4 is 21.5 Å². The maximum Gasteiger partial charge on any atom is 0.258 e. The fourth-order valence-corrected chi connectivity index (χ4v) is 2.81. The van der Waals surface area contributed by atoms with E-state index < -0.39 is 11.8 Å². The van der Waals surface area contributed by atoms with Crippen molar-refractivity contribution in [3.8, 4) is 0 Å². The second-order valence-electron chi connectivity index (χ2n) is 5.84. The first-order valence-electron chi connectivity index (χ1n) is 8.51. The molecule has 0 fully saturated rings. The van der Waals surface area contributed by atoms with Crippen molar-refractivity contribution in [2.24, 2.45) is 0 Å². The summed E-state index contributed by atoms with van der Waals surface area (Å²) in [6.07, 6.45) is -0.0347. The van der Waals surface area contributed by atoms with Gasteiger partial charge in [-0.2, -0.15) is 0 Å². The van der Waals surface area contributed by atoms with E-state index in [-0.39, 0.29) is 34.4 Å². The number of hydrazine groups is 1. The van der Waals surface area contributed by atoms with Crippen molar-refractivity contribution in [1.82, 2.24) is 21.5 Å². The molecular formula is C19H18Cl2N4O3S. The highest BCUT2D eigenvalue weighted by molar-refractivity contribution is 7.80. The van der Waals surface area contributed by atoms with Crippen molar-refractivity contribution in [3.63, 3.8) is 0 Å². The van der Waals surface area contributed by atoms with E-state index >= 15 is 0 Å². The van der Waals surface area contributed by atoms with Crippen LogP contribution in [0.25, 0.3) is 0 Å². The highest BCUT2D eigenvalue weighted by Crippen LogP contribution is 2.20. The van der Waals surface area contributed by atoms with E-state index in [0.717, 1.165) is 5.56 Å². The lowest BCUT2D eigenvalue weighted by molar-refractivity contribution is -0.126. The van der Waals surface area contributed by atoms with Crippen LogP contribution in [0.15, 0.2) is 48.5 Å². The van der Waals surface area contributed by atoms with Crippen molar-refractivity contribution < 1.29 is 14.4 Å². The molecule has 0 aliphatic heterocycles. The third-order valence-electron chi connectivity index (χ3n) is 3.63. The summed E-state index contributed by atoms with van der Waals surface area (Å²) in [5, 5.41) is 5.55. The van der Waals surface area contributed by atoms with Gasteiger partial charge in [0.05, 0.1) is 10.6 Å². The Labute approximate surface area is 183 Å². The average Bonchev–Trinajstić information content (AvgIpc) is 2.69. The predicted molar refractivity (Wildman–Crippen MR) is 115 cm³/mol. The molecule has 7 nitrogen and oxygen atoms in total. The van der Waals surface area contributed by atoms with E-state index in [2.05, 4.69) is 21.5 Å². The van der Waals surface area contributed by atoms with Crippen molar-refractivity contribution >= 4 is 58.3 Å². The van der Waals surface area contributed by atoms with Gasteiger partial charge in [-0.3, -0.25) is 30.6 Å². The maximum absolute atomic E-state index is 12.1. The second-order valence-corrected chi connectivity index (χ2v) is 7.09. The van der Waals surface area contributed by atoms with Gasteiger partial charge in [0.25, 0.3) is 5.91 Å². The molecule has 2 aromatic carbocycles. The Hall–Kier alpha value is -2.68. The molecule has 0 aliphatic carbocycles. The van der Waals surface area contributed by atoms with Crippen LogP contribution in [0.4, 0.5) is 0 Å². The molecule has 0 saturated carbocycles. The topological polar surface area (TPSA) is 99.3 Å². The highest BCUT2D eigenvalue weighted by Gasteiger charge is 2.13. The van der Waals surface area contributed by atoms with Gasteiger partial charge in [0.1, 0.15) is 0 Å². The van der Waals surface area contributed by atoms with Crippen LogP contribution in [-0.2, 0) is 16.1 Å². The van der Waals surface area contributed by atoms with E-state index in [0.29, 0.717) is 11.6 Å². The number of thiocarbonyl (C=S) groups is 1. The third kappa shape index (κ3) is 8.06. The standard InChI is InChI=1S/C19H18Cl2N4O3S/c20-13-6-7-14(15(21)10-13)18(28)23-19(29)25-24-17(27)9-8-16(26)22-11-12-4-2-1-3-5-12/h1-7,10H,8-9,11H2,(H,22,26)(H,24,27)(H2,23,25,28,29). The number of benzene rings is 2. The Balaban J connectivity index is 1.67. The zero-order chi connectivity index (χ0) is 21.2. The van der Waals surface area contributed by atoms with E-state index in [9.17, 15) is 14.4 Å². The summed E-state index contributed by atoms with van der Waals surface area (Å²) in [5.74, 6) is -1.27. The number of amides is 3. The van der Waals surface area contributed by atoms with Gasteiger partial charge in [0.15, 0.2) is 5.11 Å². The number of nitrogens with one attached hydrogen (secondary N) is 4. The Kier molecular flexibility index (Phi) is 8.85. The van der Waals surface area contributed by atoms with Crippen LogP contribution >= 0.6 is 35.4 Å². The largest absolute Gasteiger partial charge is 0.352 e. The molecule has 0 aliphatic rings. The van der Waals surface area contributed by atoms with Crippen molar-refractivity contribution in [1.29, 1.82) is 0 Å². The number of hydrogen-bond donors (Lipinski definition) is 4. The molecule has 0 spiro atoms. The molecule has 0 radical (unpaired) electrons. The SMILES string of the molecule is O=C(CCC(=O)NNC(=S)NC(=O)c1ccc(Cl)cc1Cl)NCc1ccccc1. The summed E-state index contributed by atoms with van der Waals surface area (Å²) < 4.78 is 0. The lowest BCUT2D eigenvalue weighted by Gasteiger charge is -2.11. The Morgan fingerprint density at radius 3 is 2.28 bits per heavy atom. The highest BCUT2D eigenvalue weighted by atomic mass is 35.5. The van der Waals surface area contributed by atoms with Gasteiger partial charge in [0.2, 0.25) is 11.8 Å². The summed E-state index contributed by atoms with van der Waals surface area (Å²) >= 11 is 16.7. The van der Waals surface area contributed by atoms with Crippen LogP contribution in [0.1, 0.15) is 28.8 Å². The quantitative estimate of drug-likeness (QED) is 0.398. The van der Waals surface area contributed by atoms with Gasteiger partial charge in [-0.05, 0) is 36.0 Å². The first kappa shape index (κ1) is 22.6. The molecule has 10 heteroatoms. The molecule has 2 rings (SSSR count). The van der Waals surface area contributed by atoms with E-state index in [4.69, 9.17) is 35.4 Å². The minimum absolute atomic E-state index is 0.0137. The number of halogens is 2. The maximum atomic E-state index is 12.1. The Morgan fingerprint density at radius 1 is 0.897 bits per heavy atom. The third-order valence-corrected chi connectivity index (χ3v) is 4.38. The van der Waals surface area contributed by atoms with Crippen LogP contribution in [0.5, 0.6) is 0 Å². The molecule has 152 valence electrons. The van der Waals surface area contributed by atoms with Crippen LogP contribution in [0.2, 0.25) is 10.0 Å². The van der Waals surface area contributed by atoms with Gasteiger partial charge >= 0.3 is 0 Å². The molecule has 0 unspecified atom stereocenters. The smallest absolute Gasteiger partial charge is 0.258 e. The number of carbonyl (C=O) groups is 3. The van der Waals surface area contributed by atoms with Gasteiger partial charge < -0.3 is 5.32 Å². The summed E-state index contributed by atoms with van der Waals surface area (Å²) in [7, 11) is 0. The molecule has 0 saturated heterocycles. The number of carbonyl (C=O) groups excluding carboxylic acids is 3. The molecule has 0 bridgehead atoms. The zero-order valence-electron chi connectivity index (χ0n) is 15.1. The molecule has 0 atom stereocenters. The first-order chi connectivity index (χ1) is 13.8. The summed E-state index contributed by atoms with van der Waals surface area (Å²) in [5.41, 5.74) is 5.86. The van der Waals surface area contributed by atoms with Crippen LogP contribution in [0, 0.1) is 0 Å². The molecule has 29 heavy (non-hydrogen) atoms. The lowest BCUT2D eigenvalue weighted by Crippen LogP contribution is -2.48. The average molecular weight is 453 g/mol. The van der Waals surface area contributed by atoms with Gasteiger partial charge in [0, 0.05) is 24.4 Å². The van der Waals surface area contributed by atoms with E-state index in [1.54, 1.807) is 0 Å². The fourth-order valence-electron chi connectivity index (χ4n) is 2.18. The van der Waals surface area contributed by atoms with Crippen molar-refractivity contribution in [2.75, 3.05) is 0 Å². The Morgan fingerprint density at radius 2 is 1.59 bits per heavy atom. The minimum Gasteiger partial charge on any atom is -0.352 e. The van der Waals surface area contributed by atoms with Crippen LogP contribution in [0.3, 0.4) is 0 Å². The zero-order valence-corrected chi connectivity index (χ0v) is 17.5. The molecule has 0 heterocycles. The lowest BCUT2D eigenvalue weighted by atomic mass is 10.2. The molecular weight excluding hydrogens is 435 g/mol. The van der Waals surface area contributed by atoms with Crippen molar-refractivity contribution in [2.45, 2.75) is 19.4 Å². The summed E-state index contributed by atoms with van der Waals surface area (Å²) in [6, 6.07) is 13.8. The number of rotatable bonds is 6. The normalized spacial score (nSPS) is 10.0. The predicted octanol–water partition coefficient (Wildman–Crippen LogP) is 2.73. The summed E-state index contributed by atoms with van der Waals surface area (Å²) in [4.78, 5) is 35.7. The monoisotopic (exact) mass is 452 g/mol. The van der Waals surface area contributed by atoms with Crippen molar-refractivity contribution in [3.05, 3.63) is 69.7 Å². The fraction of sp³-hybridized carbons (Fsp3) is 0.158. The Bertz CT molecular complexity index is 910. The molecule has 4 N–H and O–H groups in total. The molecule has 3 amide bonds. The number of hydrogen-bond acceptors (Lipinski definition) is 4. The first-order valence-corrected chi connectivity index (χ1v) is 9.67. The van der Waals surface area contributed by atoms with Crippen LogP contribution in [-0.4, -0.2) is 22.8 Å². The molecule has 2 aromatic rings. The molecule has 0 aromatic heterocycles.